The van der Waals surface area contributed by atoms with Crippen molar-refractivity contribution in [1.82, 2.24) is 10.3 Å². The number of hydrogen-bond donors (Lipinski definition) is 1. The van der Waals surface area contributed by atoms with Gasteiger partial charge in [-0.1, -0.05) is 20.8 Å². The van der Waals surface area contributed by atoms with Crippen LogP contribution in [0.3, 0.4) is 0 Å². The highest BCUT2D eigenvalue weighted by molar-refractivity contribution is 7.11. The van der Waals surface area contributed by atoms with E-state index in [1.54, 1.807) is 0 Å². The van der Waals surface area contributed by atoms with Gasteiger partial charge in [-0.05, 0) is 32.6 Å². The van der Waals surface area contributed by atoms with Gasteiger partial charge in [0.15, 0.2) is 0 Å². The third-order valence-electron chi connectivity index (χ3n) is 3.51. The summed E-state index contributed by atoms with van der Waals surface area (Å²) in [5.41, 5.74) is 0.459. The summed E-state index contributed by atoms with van der Waals surface area (Å²) in [6.45, 7) is 12.2. The first kappa shape index (κ1) is 13.0. The van der Waals surface area contributed by atoms with Crippen LogP contribution < -0.4 is 5.32 Å². The predicted octanol–water partition coefficient (Wildman–Crippen LogP) is 3.72. The fourth-order valence-corrected chi connectivity index (χ4v) is 2.91. The Bertz CT molecular complexity index is 383. The van der Waals surface area contributed by atoms with E-state index in [0.717, 1.165) is 12.5 Å². The van der Waals surface area contributed by atoms with Crippen LogP contribution in [0.5, 0.6) is 0 Å². The number of nitrogens with zero attached hydrogens (tertiary/aromatic N) is 1. The Kier molecular flexibility index (Phi) is 3.34. The van der Waals surface area contributed by atoms with Gasteiger partial charge in [0.05, 0.1) is 5.01 Å². The van der Waals surface area contributed by atoms with Crippen LogP contribution in [-0.4, -0.2) is 10.5 Å². The monoisotopic (exact) mass is 252 g/mol. The molecule has 0 bridgehead atoms. The molecule has 0 saturated heterocycles. The number of rotatable bonds is 4. The van der Waals surface area contributed by atoms with Crippen molar-refractivity contribution in [2.24, 2.45) is 5.92 Å². The molecule has 1 aromatic rings. The Labute approximate surface area is 109 Å². The van der Waals surface area contributed by atoms with Gasteiger partial charge < -0.3 is 5.32 Å². The molecular formula is C14H24N2S. The van der Waals surface area contributed by atoms with Crippen LogP contribution in [0.1, 0.15) is 57.3 Å². The molecule has 1 fully saturated rings. The summed E-state index contributed by atoms with van der Waals surface area (Å²) < 4.78 is 0. The Morgan fingerprint density at radius 2 is 1.94 bits per heavy atom. The van der Waals surface area contributed by atoms with Crippen LogP contribution in [0, 0.1) is 5.92 Å². The summed E-state index contributed by atoms with van der Waals surface area (Å²) in [5.74, 6) is 0.873. The van der Waals surface area contributed by atoms with Gasteiger partial charge in [-0.3, -0.25) is 0 Å². The van der Waals surface area contributed by atoms with E-state index in [4.69, 9.17) is 0 Å². The van der Waals surface area contributed by atoms with E-state index in [0.29, 0.717) is 0 Å². The summed E-state index contributed by atoms with van der Waals surface area (Å²) in [4.78, 5) is 5.88. The molecule has 0 unspecified atom stereocenters. The van der Waals surface area contributed by atoms with Gasteiger partial charge in [0.25, 0.3) is 0 Å². The Hall–Kier alpha value is -0.410. The summed E-state index contributed by atoms with van der Waals surface area (Å²) in [5, 5.41) is 4.91. The molecule has 0 aliphatic heterocycles. The largest absolute Gasteiger partial charge is 0.307 e. The first-order valence-corrected chi connectivity index (χ1v) is 7.31. The smallest absolute Gasteiger partial charge is 0.0981 e. The maximum Gasteiger partial charge on any atom is 0.0981 e. The van der Waals surface area contributed by atoms with Gasteiger partial charge in [-0.2, -0.15) is 0 Å². The highest BCUT2D eigenvalue weighted by atomic mass is 32.1. The second kappa shape index (κ2) is 4.36. The van der Waals surface area contributed by atoms with Crippen molar-refractivity contribution in [3.8, 4) is 0 Å². The lowest BCUT2D eigenvalue weighted by Crippen LogP contribution is -2.40. The van der Waals surface area contributed by atoms with Crippen molar-refractivity contribution in [1.29, 1.82) is 0 Å². The molecule has 1 aliphatic carbocycles. The van der Waals surface area contributed by atoms with Crippen molar-refractivity contribution >= 4 is 11.3 Å². The first-order valence-electron chi connectivity index (χ1n) is 6.49. The van der Waals surface area contributed by atoms with Gasteiger partial charge in [0.2, 0.25) is 0 Å². The fraction of sp³-hybridized carbons (Fsp3) is 0.786. The van der Waals surface area contributed by atoms with Gasteiger partial charge in [0.1, 0.15) is 0 Å². The number of thiazole rings is 1. The summed E-state index contributed by atoms with van der Waals surface area (Å²) >= 11 is 1.84. The average Bonchev–Trinajstić information content (AvgIpc) is 2.94. The molecule has 0 amide bonds. The lowest BCUT2D eigenvalue weighted by molar-refractivity contribution is 0.340. The second-order valence-electron chi connectivity index (χ2n) is 6.73. The lowest BCUT2D eigenvalue weighted by Gasteiger charge is -2.25. The van der Waals surface area contributed by atoms with Crippen LogP contribution in [0.4, 0.5) is 0 Å². The van der Waals surface area contributed by atoms with Crippen LogP contribution in [0.15, 0.2) is 6.20 Å². The van der Waals surface area contributed by atoms with E-state index < -0.39 is 0 Å². The minimum Gasteiger partial charge on any atom is -0.307 e. The molecule has 1 N–H and O–H groups in total. The molecule has 2 rings (SSSR count). The van der Waals surface area contributed by atoms with Crippen LogP contribution >= 0.6 is 11.3 Å². The molecule has 0 spiro atoms. The van der Waals surface area contributed by atoms with E-state index in [1.165, 1.54) is 22.7 Å². The van der Waals surface area contributed by atoms with Gasteiger partial charge in [0, 0.05) is 28.6 Å². The van der Waals surface area contributed by atoms with Crippen LogP contribution in [-0.2, 0) is 12.0 Å². The standard InChI is InChI=1S/C14H24N2S/c1-13(2,3)12-15-8-11(17-12)9-16-14(4,5)10-6-7-10/h8,10,16H,6-7,9H2,1-5H3. The first-order chi connectivity index (χ1) is 7.79. The third kappa shape index (κ3) is 3.29. The Balaban J connectivity index is 1.93. The van der Waals surface area contributed by atoms with Gasteiger partial charge >= 0.3 is 0 Å². The molecule has 1 aliphatic rings. The number of aromatic nitrogens is 1. The molecule has 1 aromatic heterocycles. The zero-order valence-corrected chi connectivity index (χ0v) is 12.4. The highest BCUT2D eigenvalue weighted by Gasteiger charge is 2.37. The van der Waals surface area contributed by atoms with E-state index in [-0.39, 0.29) is 11.0 Å². The number of hydrogen-bond acceptors (Lipinski definition) is 3. The minimum absolute atomic E-state index is 0.176. The third-order valence-corrected chi connectivity index (χ3v) is 4.93. The summed E-state index contributed by atoms with van der Waals surface area (Å²) in [7, 11) is 0. The van der Waals surface area contributed by atoms with Crippen LogP contribution in [0.2, 0.25) is 0 Å². The molecule has 0 aromatic carbocycles. The molecule has 0 radical (unpaired) electrons. The second-order valence-corrected chi connectivity index (χ2v) is 7.85. The quantitative estimate of drug-likeness (QED) is 0.883. The van der Waals surface area contributed by atoms with Crippen molar-refractivity contribution in [3.05, 3.63) is 16.1 Å². The SMILES string of the molecule is CC(C)(C)c1ncc(CNC(C)(C)C2CC2)s1. The Morgan fingerprint density at radius 1 is 1.29 bits per heavy atom. The number of nitrogens with one attached hydrogen (secondary N) is 1. The van der Waals surface area contributed by atoms with Crippen LogP contribution in [0.25, 0.3) is 0 Å². The maximum absolute atomic E-state index is 4.53. The van der Waals surface area contributed by atoms with Gasteiger partial charge in [-0.25, -0.2) is 4.98 Å². The zero-order chi connectivity index (χ0) is 12.7. The van der Waals surface area contributed by atoms with Crippen molar-refractivity contribution in [2.45, 2.75) is 65.0 Å². The molecule has 1 saturated carbocycles. The van der Waals surface area contributed by atoms with Gasteiger partial charge in [-0.15, -0.1) is 11.3 Å². The summed E-state index contributed by atoms with van der Waals surface area (Å²) in [6.07, 6.45) is 4.80. The maximum atomic E-state index is 4.53. The highest BCUT2D eigenvalue weighted by Crippen LogP contribution is 2.39. The van der Waals surface area contributed by atoms with E-state index >= 15 is 0 Å². The molecule has 96 valence electrons. The molecule has 2 nitrogen and oxygen atoms in total. The molecule has 3 heteroatoms. The Morgan fingerprint density at radius 3 is 2.41 bits per heavy atom. The lowest BCUT2D eigenvalue weighted by atomic mass is 9.98. The molecular weight excluding hydrogens is 228 g/mol. The van der Waals surface area contributed by atoms with E-state index in [1.807, 2.05) is 17.5 Å². The van der Waals surface area contributed by atoms with Crippen molar-refractivity contribution in [3.63, 3.8) is 0 Å². The normalized spacial score (nSPS) is 17.5. The van der Waals surface area contributed by atoms with E-state index in [9.17, 15) is 0 Å². The van der Waals surface area contributed by atoms with E-state index in [2.05, 4.69) is 44.9 Å². The molecule has 1 heterocycles. The van der Waals surface area contributed by atoms with Crippen molar-refractivity contribution in [2.75, 3.05) is 0 Å². The van der Waals surface area contributed by atoms with Crippen molar-refractivity contribution < 1.29 is 0 Å². The fourth-order valence-electron chi connectivity index (χ4n) is 2.00. The average molecular weight is 252 g/mol. The topological polar surface area (TPSA) is 24.9 Å². The molecule has 0 atom stereocenters. The predicted molar refractivity (Wildman–Crippen MR) is 74.5 cm³/mol. The summed E-state index contributed by atoms with van der Waals surface area (Å²) in [6, 6.07) is 0. The zero-order valence-electron chi connectivity index (χ0n) is 11.6. The minimum atomic E-state index is 0.176. The molecule has 17 heavy (non-hydrogen) atoms.